The number of aryl methyl sites for hydroxylation is 2. The van der Waals surface area contributed by atoms with Gasteiger partial charge in [0.05, 0.1) is 11.9 Å². The summed E-state index contributed by atoms with van der Waals surface area (Å²) in [5.74, 6) is 0.0475. The Morgan fingerprint density at radius 1 is 1.17 bits per heavy atom. The summed E-state index contributed by atoms with van der Waals surface area (Å²) in [4.78, 5) is 32.9. The number of nitrogens with one attached hydrogen (secondary N) is 2. The van der Waals surface area contributed by atoms with Gasteiger partial charge in [0, 0.05) is 48.6 Å². The number of benzene rings is 1. The second-order valence-corrected chi connectivity index (χ2v) is 9.70. The summed E-state index contributed by atoms with van der Waals surface area (Å²) in [6.45, 7) is 2.85. The molecule has 8 nitrogen and oxygen atoms in total. The number of carbonyl (C=O) groups excluding carboxylic acids is 2. The number of rotatable bonds is 7. The van der Waals surface area contributed by atoms with Crippen molar-refractivity contribution >= 4 is 28.9 Å². The van der Waals surface area contributed by atoms with Crippen molar-refractivity contribution in [2.45, 2.75) is 51.5 Å². The maximum absolute atomic E-state index is 13.3. The van der Waals surface area contributed by atoms with Crippen molar-refractivity contribution in [1.82, 2.24) is 20.1 Å². The topological polar surface area (TPSA) is 92.2 Å². The molecule has 0 saturated heterocycles. The maximum Gasteiger partial charge on any atom is 0.251 e. The van der Waals surface area contributed by atoms with Crippen molar-refractivity contribution < 1.29 is 9.59 Å². The van der Waals surface area contributed by atoms with Crippen LogP contribution in [0.3, 0.4) is 0 Å². The van der Waals surface area contributed by atoms with E-state index in [1.54, 1.807) is 24.1 Å². The summed E-state index contributed by atoms with van der Waals surface area (Å²) in [7, 11) is 1.80. The number of pyridine rings is 1. The highest BCUT2D eigenvalue weighted by Gasteiger charge is 2.28. The third kappa shape index (κ3) is 5.21. The highest BCUT2D eigenvalue weighted by molar-refractivity contribution is 6.01. The minimum atomic E-state index is -0.588. The minimum absolute atomic E-state index is 0.196. The zero-order valence-electron chi connectivity index (χ0n) is 20.3. The van der Waals surface area contributed by atoms with Crippen LogP contribution in [0.1, 0.15) is 53.7 Å². The van der Waals surface area contributed by atoms with Gasteiger partial charge in [-0.05, 0) is 61.6 Å². The third-order valence-corrected chi connectivity index (χ3v) is 7.07. The number of aromatic nitrogens is 3. The average Bonchev–Trinajstić information content (AvgIpc) is 3.59. The lowest BCUT2D eigenvalue weighted by molar-refractivity contribution is -0.118. The first-order valence-corrected chi connectivity index (χ1v) is 12.4. The van der Waals surface area contributed by atoms with Gasteiger partial charge in [0.1, 0.15) is 6.04 Å². The Morgan fingerprint density at radius 3 is 2.74 bits per heavy atom. The van der Waals surface area contributed by atoms with E-state index < -0.39 is 6.04 Å². The number of carbonyl (C=O) groups is 2. The summed E-state index contributed by atoms with van der Waals surface area (Å²) in [5.41, 5.74) is 5.56. The number of hydrogen-bond donors (Lipinski definition) is 2. The molecule has 0 bridgehead atoms. The molecule has 3 heterocycles. The monoisotopic (exact) mass is 472 g/mol. The lowest BCUT2D eigenvalue weighted by atomic mass is 9.97. The molecule has 3 aromatic rings. The van der Waals surface area contributed by atoms with Crippen LogP contribution < -0.4 is 15.5 Å². The quantitative estimate of drug-likeness (QED) is 0.539. The largest absolute Gasteiger partial charge is 0.341 e. The number of nitrogens with zero attached hydrogens (tertiary/aromatic N) is 4. The molecule has 1 aromatic carbocycles. The second kappa shape index (κ2) is 9.90. The van der Waals surface area contributed by atoms with Crippen molar-refractivity contribution in [1.29, 1.82) is 0 Å². The van der Waals surface area contributed by atoms with Crippen LogP contribution in [-0.2, 0) is 18.3 Å². The maximum atomic E-state index is 13.3. The van der Waals surface area contributed by atoms with Gasteiger partial charge in [0.25, 0.3) is 5.91 Å². The number of amides is 2. The molecule has 1 atom stereocenters. The first-order valence-electron chi connectivity index (χ1n) is 12.4. The SMILES string of the molecule is Cc1cc(N2CCc3cc(C(=O)N[C@@H](CC4CCCC4)C(=O)Nc4cnn(C)c4)ccc32)ccn1. The summed E-state index contributed by atoms with van der Waals surface area (Å²) < 4.78 is 1.64. The molecule has 0 unspecified atom stereocenters. The zero-order chi connectivity index (χ0) is 24.4. The first kappa shape index (κ1) is 23.1. The molecule has 2 N–H and O–H groups in total. The van der Waals surface area contributed by atoms with Crippen molar-refractivity contribution in [2.75, 3.05) is 16.8 Å². The first-order chi connectivity index (χ1) is 17.0. The Morgan fingerprint density at radius 2 is 2.00 bits per heavy atom. The van der Waals surface area contributed by atoms with Crippen LogP contribution in [0.15, 0.2) is 48.9 Å². The van der Waals surface area contributed by atoms with Gasteiger partial charge in [0.15, 0.2) is 0 Å². The van der Waals surface area contributed by atoms with Crippen LogP contribution in [-0.4, -0.2) is 39.2 Å². The Balaban J connectivity index is 1.31. The molecule has 35 heavy (non-hydrogen) atoms. The van der Waals surface area contributed by atoms with E-state index in [0.717, 1.165) is 48.4 Å². The fraction of sp³-hybridized carbons (Fsp3) is 0.407. The Bertz CT molecular complexity index is 1230. The minimum Gasteiger partial charge on any atom is -0.341 e. The van der Waals surface area contributed by atoms with Crippen molar-refractivity contribution in [3.8, 4) is 0 Å². The molecule has 5 rings (SSSR count). The average molecular weight is 473 g/mol. The van der Waals surface area contributed by atoms with E-state index in [4.69, 9.17) is 0 Å². The predicted octanol–water partition coefficient (Wildman–Crippen LogP) is 4.14. The van der Waals surface area contributed by atoms with Crippen LogP contribution in [0, 0.1) is 12.8 Å². The molecule has 0 radical (unpaired) electrons. The zero-order valence-corrected chi connectivity index (χ0v) is 20.3. The van der Waals surface area contributed by atoms with Crippen molar-refractivity contribution in [3.63, 3.8) is 0 Å². The molecule has 2 amide bonds. The van der Waals surface area contributed by atoms with Crippen LogP contribution in [0.2, 0.25) is 0 Å². The summed E-state index contributed by atoms with van der Waals surface area (Å²) in [5, 5.41) is 10.1. The molecule has 1 saturated carbocycles. The van der Waals surface area contributed by atoms with Gasteiger partial charge >= 0.3 is 0 Å². The highest BCUT2D eigenvalue weighted by Crippen LogP contribution is 2.35. The molecule has 2 aromatic heterocycles. The van der Waals surface area contributed by atoms with Gasteiger partial charge in [-0.3, -0.25) is 19.3 Å². The number of anilines is 3. The van der Waals surface area contributed by atoms with Gasteiger partial charge in [-0.15, -0.1) is 0 Å². The predicted molar refractivity (Wildman–Crippen MR) is 136 cm³/mol. The van der Waals surface area contributed by atoms with Crippen LogP contribution in [0.4, 0.5) is 17.1 Å². The smallest absolute Gasteiger partial charge is 0.251 e. The van der Waals surface area contributed by atoms with E-state index in [2.05, 4.69) is 31.7 Å². The number of fused-ring (bicyclic) bond motifs is 1. The molecular formula is C27H32N6O2. The molecule has 1 fully saturated rings. The molecule has 1 aliphatic heterocycles. The Hall–Kier alpha value is -3.68. The molecule has 8 heteroatoms. The molecule has 1 aliphatic carbocycles. The lowest BCUT2D eigenvalue weighted by Gasteiger charge is -2.22. The van der Waals surface area contributed by atoms with Gasteiger partial charge in [-0.1, -0.05) is 25.7 Å². The second-order valence-electron chi connectivity index (χ2n) is 9.70. The third-order valence-electron chi connectivity index (χ3n) is 7.07. The van der Waals surface area contributed by atoms with Gasteiger partial charge in [0.2, 0.25) is 5.91 Å². The fourth-order valence-electron chi connectivity index (χ4n) is 5.28. The fourth-order valence-corrected chi connectivity index (χ4v) is 5.28. The van der Waals surface area contributed by atoms with E-state index in [1.807, 2.05) is 37.4 Å². The molecule has 0 spiro atoms. The van der Waals surface area contributed by atoms with Gasteiger partial charge < -0.3 is 15.5 Å². The van der Waals surface area contributed by atoms with Gasteiger partial charge in [-0.2, -0.15) is 5.10 Å². The standard InChI is InChI=1S/C27H32N6O2/c1-18-13-23(9-11-28-18)33-12-10-20-15-21(7-8-25(20)33)26(34)31-24(14-19-5-3-4-6-19)27(35)30-22-16-29-32(2)17-22/h7-9,11,13,15-17,19,24H,3-6,10,12,14H2,1-2H3,(H,30,35)(H,31,34)/t24-/m0/s1. The van der Waals surface area contributed by atoms with E-state index in [1.165, 1.54) is 12.8 Å². The molecular weight excluding hydrogens is 440 g/mol. The highest BCUT2D eigenvalue weighted by atomic mass is 16.2. The normalized spacial score (nSPS) is 16.2. The lowest BCUT2D eigenvalue weighted by Crippen LogP contribution is -2.44. The van der Waals surface area contributed by atoms with Crippen molar-refractivity contribution in [2.24, 2.45) is 13.0 Å². The van der Waals surface area contributed by atoms with Gasteiger partial charge in [-0.25, -0.2) is 0 Å². The Labute approximate surface area is 205 Å². The Kier molecular flexibility index (Phi) is 6.53. The van der Waals surface area contributed by atoms with Crippen LogP contribution >= 0.6 is 0 Å². The summed E-state index contributed by atoms with van der Waals surface area (Å²) in [6.07, 6.45) is 11.3. The molecule has 2 aliphatic rings. The molecule has 182 valence electrons. The summed E-state index contributed by atoms with van der Waals surface area (Å²) in [6, 6.07) is 9.32. The van der Waals surface area contributed by atoms with Crippen LogP contribution in [0.25, 0.3) is 0 Å². The van der Waals surface area contributed by atoms with Crippen molar-refractivity contribution in [3.05, 3.63) is 65.7 Å². The van der Waals surface area contributed by atoms with E-state index >= 15 is 0 Å². The van der Waals surface area contributed by atoms with E-state index in [-0.39, 0.29) is 11.8 Å². The van der Waals surface area contributed by atoms with E-state index in [0.29, 0.717) is 23.6 Å². The number of hydrogen-bond acceptors (Lipinski definition) is 5. The van der Waals surface area contributed by atoms with E-state index in [9.17, 15) is 9.59 Å². The summed E-state index contributed by atoms with van der Waals surface area (Å²) >= 11 is 0. The van der Waals surface area contributed by atoms with Crippen LogP contribution in [0.5, 0.6) is 0 Å².